The van der Waals surface area contributed by atoms with Gasteiger partial charge in [-0.3, -0.25) is 19.7 Å². The van der Waals surface area contributed by atoms with Crippen LogP contribution >= 0.6 is 8.53 Å². The van der Waals surface area contributed by atoms with Gasteiger partial charge in [0.2, 0.25) is 7.38 Å². The number of benzene rings is 2. The highest BCUT2D eigenvalue weighted by Gasteiger charge is 2.48. The number of alkyl halides is 1. The Hall–Kier alpha value is -4.29. The summed E-state index contributed by atoms with van der Waals surface area (Å²) in [7, 11) is -0.538. The van der Waals surface area contributed by atoms with Crippen LogP contribution in [-0.2, 0) is 18.5 Å². The maximum Gasteiger partial charge on any atom is 0.414 e. The normalized spacial score (nSPS) is 20.7. The van der Waals surface area contributed by atoms with E-state index in [-0.39, 0.29) is 61.6 Å². The van der Waals surface area contributed by atoms with Crippen molar-refractivity contribution in [3.8, 4) is 17.2 Å². The van der Waals surface area contributed by atoms with E-state index in [1.165, 1.54) is 18.0 Å². The molecule has 2 aromatic carbocycles. The number of hydrogen-bond donors (Lipinski definition) is 3. The number of halogens is 1. The second-order valence-electron chi connectivity index (χ2n) is 12.3. The number of fused-ring (bicyclic) bond motifs is 4. The fourth-order valence-electron chi connectivity index (χ4n) is 6.35. The molecular weight excluding hydrogens is 680 g/mol. The molecule has 1 saturated heterocycles. The fraction of sp³-hybridized carbons (Fsp3) is 0.457. The van der Waals surface area contributed by atoms with Crippen LogP contribution < -0.4 is 10.9 Å². The van der Waals surface area contributed by atoms with Crippen LogP contribution in [0.1, 0.15) is 65.7 Å². The lowest BCUT2D eigenvalue weighted by molar-refractivity contribution is -0.0132. The van der Waals surface area contributed by atoms with Crippen molar-refractivity contribution in [1.82, 2.24) is 24.2 Å². The Morgan fingerprint density at radius 3 is 2.49 bits per heavy atom. The number of hydrogen-bond acceptors (Lipinski definition) is 11. The van der Waals surface area contributed by atoms with Gasteiger partial charge < -0.3 is 23.6 Å². The van der Waals surface area contributed by atoms with Crippen molar-refractivity contribution in [2.75, 3.05) is 25.6 Å². The molecule has 1 aliphatic heterocycles. The van der Waals surface area contributed by atoms with E-state index in [1.807, 2.05) is 87.0 Å². The van der Waals surface area contributed by atoms with Crippen molar-refractivity contribution in [3.05, 3.63) is 76.3 Å². The minimum absolute atomic E-state index is 0.0234. The highest BCUT2D eigenvalue weighted by molar-refractivity contribution is 7.44. The zero-order valence-corrected chi connectivity index (χ0v) is 29.9. The lowest BCUT2D eigenvalue weighted by atomic mass is 9.98. The number of H-pyrrole nitrogens is 1. The van der Waals surface area contributed by atoms with Crippen LogP contribution in [0.3, 0.4) is 0 Å². The number of anilines is 1. The number of rotatable bonds is 12. The van der Waals surface area contributed by atoms with Gasteiger partial charge in [-0.15, -0.1) is 0 Å². The molecule has 0 radical (unpaired) electrons. The van der Waals surface area contributed by atoms with Gasteiger partial charge in [-0.05, 0) is 56.8 Å². The van der Waals surface area contributed by atoms with Gasteiger partial charge in [0.1, 0.15) is 12.7 Å². The summed E-state index contributed by atoms with van der Waals surface area (Å²) in [5.41, 5.74) is 3.46. The molecule has 2 aliphatic rings. The smallest absolute Gasteiger partial charge is 0.414 e. The lowest BCUT2D eigenvalue weighted by Crippen LogP contribution is -2.37. The van der Waals surface area contributed by atoms with Crippen molar-refractivity contribution < 1.29 is 34.2 Å². The Morgan fingerprint density at radius 1 is 1.24 bits per heavy atom. The van der Waals surface area contributed by atoms with Crippen LogP contribution in [0.25, 0.3) is 22.3 Å². The molecule has 5 atom stereocenters. The highest BCUT2D eigenvalue weighted by Crippen LogP contribution is 2.50. The first-order valence-electron chi connectivity index (χ1n) is 17.6. The Morgan fingerprint density at radius 2 is 1.88 bits per heavy atom. The van der Waals surface area contributed by atoms with Gasteiger partial charge in [-0.2, -0.15) is 10.2 Å². The Kier molecular flexibility index (Phi) is 11.6. The number of nitrogens with one attached hydrogen (secondary N) is 2. The maximum atomic E-state index is 16.4. The molecule has 14 nitrogen and oxygen atoms in total. The van der Waals surface area contributed by atoms with E-state index in [1.54, 1.807) is 0 Å². The Balaban J connectivity index is 0.00000175. The van der Waals surface area contributed by atoms with Crippen molar-refractivity contribution in [3.63, 3.8) is 0 Å². The van der Waals surface area contributed by atoms with Crippen LogP contribution in [0.5, 0.6) is 0 Å². The summed E-state index contributed by atoms with van der Waals surface area (Å²) in [6.07, 6.45) is -4.83. The molecule has 51 heavy (non-hydrogen) atoms. The molecule has 2 unspecified atom stereocenters. The summed E-state index contributed by atoms with van der Waals surface area (Å²) < 4.78 is 57.2. The quantitative estimate of drug-likeness (QED) is 0.115. The average molecular weight is 727 g/mol. The third-order valence-corrected chi connectivity index (χ3v) is 10.5. The number of carbonyl (C=O) groups excluding carboxylic acids is 1. The zero-order chi connectivity index (χ0) is 38.2. The number of aromatic amines is 1. The molecule has 4 aromatic rings. The number of amides is 1. The van der Waals surface area contributed by atoms with Gasteiger partial charge in [0.05, 0.1) is 31.5 Å². The minimum Gasteiger partial charge on any atom is -0.448 e. The van der Waals surface area contributed by atoms with Crippen LogP contribution in [0.2, 0.25) is 0 Å². The van der Waals surface area contributed by atoms with Crippen molar-refractivity contribution in [2.24, 2.45) is 0 Å². The van der Waals surface area contributed by atoms with Gasteiger partial charge in [0.25, 0.3) is 14.1 Å². The first-order valence-corrected chi connectivity index (χ1v) is 17.6. The van der Waals surface area contributed by atoms with Crippen LogP contribution in [-0.4, -0.2) is 87.6 Å². The minimum atomic E-state index is -1.83. The SMILES string of the molecule is [2H]C[C@H]1O[C@@H](n2cnc3c(=O)[nH]c(NC(=O)OCC4c5ccccc5-c5ccccc54)nc32)[C@@H](F)C1OP(OCCC#N)N(C(C)C)C(C)C.[3H]OC. The molecule has 2 aromatic heterocycles. The van der Waals surface area contributed by atoms with E-state index < -0.39 is 44.8 Å². The predicted octanol–water partition coefficient (Wildman–Crippen LogP) is 6.01. The second-order valence-corrected chi connectivity index (χ2v) is 13.7. The van der Waals surface area contributed by atoms with Gasteiger partial charge in [0, 0.05) is 26.5 Å². The number of carbonyl (C=O) groups is 1. The van der Waals surface area contributed by atoms with Crippen molar-refractivity contribution in [1.29, 1.82) is 6.69 Å². The third-order valence-electron chi connectivity index (χ3n) is 8.41. The number of aliphatic hydroxyl groups excluding tert-OH is 1. The third kappa shape index (κ3) is 7.97. The number of nitriles is 1. The molecule has 1 fully saturated rings. The molecule has 0 spiro atoms. The average Bonchev–Trinajstić information content (AvgIpc) is 3.79. The number of aliphatic hydroxyl groups is 1. The van der Waals surface area contributed by atoms with E-state index in [0.29, 0.717) is 0 Å². The highest BCUT2D eigenvalue weighted by atomic mass is 31.2. The Bertz CT molecular complexity index is 1910. The molecule has 1 aliphatic carbocycles. The largest absolute Gasteiger partial charge is 0.448 e. The number of imidazole rings is 1. The first kappa shape index (κ1) is 35.1. The van der Waals surface area contributed by atoms with Gasteiger partial charge in [-0.1, -0.05) is 48.5 Å². The van der Waals surface area contributed by atoms with E-state index in [4.69, 9.17) is 26.6 Å². The summed E-state index contributed by atoms with van der Waals surface area (Å²) in [5, 5.41) is 15.0. The molecule has 1 amide bonds. The van der Waals surface area contributed by atoms with Gasteiger partial charge >= 0.3 is 6.09 Å². The summed E-state index contributed by atoms with van der Waals surface area (Å²) in [6, 6.07) is 17.9. The van der Waals surface area contributed by atoms with Crippen molar-refractivity contribution >= 4 is 31.7 Å². The first-order chi connectivity index (χ1) is 25.5. The summed E-state index contributed by atoms with van der Waals surface area (Å²) in [6.45, 7) is 7.67. The summed E-state index contributed by atoms with van der Waals surface area (Å²) in [4.78, 5) is 36.9. The molecular formula is C35H43FN7O7P. The standard InChI is InChI=1S/C34H39FN7O6P.CH4O/c1-19(2)42(20(3)4)49(46-16-10-15-36)48-29-21(5)47-32(27(29)35)41-18-37-28-30(41)38-33(39-31(28)43)40-34(44)45-17-26-24-13-8-6-11-22(24)23-12-7-9-14-25(23)26;1-2/h6-9,11-14,18-21,26-27,29,32H,10,16-17H2,1-5H3,(H2,38,39,40,43,44);2H,1H3/t21-,27+,29?,32-,49?;/m1./s1/i5D;2T. The molecule has 6 rings (SSSR count). The molecule has 272 valence electrons. The van der Waals surface area contributed by atoms with Crippen molar-refractivity contribution in [2.45, 2.75) is 83.6 Å². The summed E-state index contributed by atoms with van der Waals surface area (Å²) >= 11 is 0. The van der Waals surface area contributed by atoms with E-state index in [9.17, 15) is 9.59 Å². The van der Waals surface area contributed by atoms with Crippen LogP contribution in [0.15, 0.2) is 59.7 Å². The predicted molar refractivity (Wildman–Crippen MR) is 190 cm³/mol. The summed E-state index contributed by atoms with van der Waals surface area (Å²) in [5.74, 6) is -0.394. The molecule has 3 heterocycles. The second kappa shape index (κ2) is 16.8. The van der Waals surface area contributed by atoms with Gasteiger partial charge in [-0.25, -0.2) is 18.8 Å². The zero-order valence-electron chi connectivity index (χ0n) is 31.0. The fourth-order valence-corrected chi connectivity index (χ4v) is 8.11. The molecule has 3 N–H and O–H groups in total. The molecule has 0 bridgehead atoms. The number of nitrogens with zero attached hydrogens (tertiary/aromatic N) is 5. The van der Waals surface area contributed by atoms with Crippen LogP contribution in [0.4, 0.5) is 15.1 Å². The topological polar surface area (TPSA) is 177 Å². The maximum absolute atomic E-state index is 16.4. The Labute approximate surface area is 299 Å². The van der Waals surface area contributed by atoms with E-state index in [2.05, 4.69) is 25.4 Å². The number of ether oxygens (including phenoxy) is 2. The van der Waals surface area contributed by atoms with Gasteiger partial charge in [0.15, 0.2) is 23.6 Å². The van der Waals surface area contributed by atoms with E-state index in [0.717, 1.165) is 22.3 Å². The van der Waals surface area contributed by atoms with E-state index >= 15 is 4.39 Å². The molecule has 16 heteroatoms. The molecule has 0 saturated carbocycles. The number of aromatic nitrogens is 4. The monoisotopic (exact) mass is 726 g/mol. The van der Waals surface area contributed by atoms with Crippen LogP contribution in [0, 0.1) is 11.3 Å². The lowest BCUT2D eigenvalue weighted by Gasteiger charge is -2.37.